The molecule has 0 unspecified atom stereocenters. The Hall–Kier alpha value is -3.11. The van der Waals surface area contributed by atoms with Gasteiger partial charge in [-0.25, -0.2) is 9.97 Å². The smallest absolute Gasteiger partial charge is 0.275 e. The molecular formula is C31H38N6O3S. The average Bonchev–Trinajstić information content (AvgIpc) is 3.48. The first-order valence-corrected chi connectivity index (χ1v) is 15.9. The number of fused-ring (bicyclic) bond motifs is 5. The minimum Gasteiger partial charge on any atom is -0.340 e. The van der Waals surface area contributed by atoms with Crippen LogP contribution in [0.5, 0.6) is 0 Å². The van der Waals surface area contributed by atoms with Gasteiger partial charge in [0.1, 0.15) is 22.7 Å². The van der Waals surface area contributed by atoms with Gasteiger partial charge in [-0.2, -0.15) is 0 Å². The maximum absolute atomic E-state index is 14.0. The van der Waals surface area contributed by atoms with Crippen LogP contribution in [0, 0.1) is 12.8 Å². The van der Waals surface area contributed by atoms with Crippen LogP contribution in [0.25, 0.3) is 10.2 Å². The zero-order valence-electron chi connectivity index (χ0n) is 24.2. The summed E-state index contributed by atoms with van der Waals surface area (Å²) >= 11 is 1.64. The van der Waals surface area contributed by atoms with E-state index in [0.29, 0.717) is 29.7 Å². The molecule has 216 valence electrons. The number of ketones is 1. The average molecular weight is 575 g/mol. The summed E-state index contributed by atoms with van der Waals surface area (Å²) in [4.78, 5) is 56.1. The Kier molecular flexibility index (Phi) is 6.54. The number of carbonyl (C=O) groups is 2. The van der Waals surface area contributed by atoms with Crippen LogP contribution in [0.4, 0.5) is 11.5 Å². The highest BCUT2D eigenvalue weighted by Crippen LogP contribution is 2.44. The molecule has 0 bridgehead atoms. The van der Waals surface area contributed by atoms with Crippen molar-refractivity contribution >= 4 is 44.7 Å². The van der Waals surface area contributed by atoms with E-state index in [1.165, 1.54) is 10.4 Å². The van der Waals surface area contributed by atoms with Gasteiger partial charge in [-0.15, -0.1) is 11.3 Å². The number of thiophene rings is 1. The van der Waals surface area contributed by atoms with Crippen molar-refractivity contribution < 1.29 is 9.59 Å². The van der Waals surface area contributed by atoms with E-state index in [1.807, 2.05) is 22.5 Å². The number of amides is 1. The zero-order chi connectivity index (χ0) is 28.5. The summed E-state index contributed by atoms with van der Waals surface area (Å²) in [5, 5.41) is 4.34. The van der Waals surface area contributed by atoms with Crippen molar-refractivity contribution in [2.45, 2.75) is 83.2 Å². The number of piperazine rings is 1. The molecular weight excluding hydrogens is 536 g/mol. The third-order valence-corrected chi connectivity index (χ3v) is 11.3. The number of anilines is 2. The third kappa shape index (κ3) is 4.33. The Bertz CT molecular complexity index is 1620. The molecule has 41 heavy (non-hydrogen) atoms. The van der Waals surface area contributed by atoms with Crippen LogP contribution in [0.2, 0.25) is 0 Å². The van der Waals surface area contributed by atoms with Crippen molar-refractivity contribution in [2.75, 3.05) is 32.0 Å². The molecule has 2 fully saturated rings. The minimum atomic E-state index is -0.393. The standard InChI is InChI=1S/C31H38N6O3S/c1-18-13-22(30(40)37-26(18)23(38)15-31(37)9-5-4-6-10-31)34-27-25-21-8-7-20(14-24(21)41-28(25)33-17-32-27)29(39)36-12-11-35(3)19(2)16-36/h13,17,19-20H,4-12,14-16H2,1-3H3,(H,32,33,34)/t19-,20-/m0/s1. The fourth-order valence-electron chi connectivity index (χ4n) is 7.75. The predicted molar refractivity (Wildman–Crippen MR) is 160 cm³/mol. The topological polar surface area (TPSA) is 100 Å². The molecule has 3 aromatic heterocycles. The van der Waals surface area contributed by atoms with Crippen LogP contribution < -0.4 is 10.9 Å². The second-order valence-electron chi connectivity index (χ2n) is 12.7. The number of hydrogen-bond donors (Lipinski definition) is 1. The van der Waals surface area contributed by atoms with Gasteiger partial charge in [-0.1, -0.05) is 19.3 Å². The van der Waals surface area contributed by atoms with Crippen LogP contribution in [0.3, 0.4) is 0 Å². The fourth-order valence-corrected chi connectivity index (χ4v) is 9.02. The number of hydrogen-bond acceptors (Lipinski definition) is 8. The van der Waals surface area contributed by atoms with E-state index in [1.54, 1.807) is 17.7 Å². The summed E-state index contributed by atoms with van der Waals surface area (Å²) in [6.07, 6.45) is 9.27. The number of Topliss-reactive ketones (excluding diaryl/α,β-unsaturated/α-hetero) is 1. The molecule has 9 nitrogen and oxygen atoms in total. The first-order valence-electron chi connectivity index (χ1n) is 15.1. The molecule has 10 heteroatoms. The second kappa shape index (κ2) is 10.0. The first kappa shape index (κ1) is 26.8. The van der Waals surface area contributed by atoms with Crippen molar-refractivity contribution in [1.82, 2.24) is 24.3 Å². The van der Waals surface area contributed by atoms with Gasteiger partial charge >= 0.3 is 0 Å². The van der Waals surface area contributed by atoms with Crippen LogP contribution in [0.1, 0.15) is 78.4 Å². The van der Waals surface area contributed by atoms with Gasteiger partial charge in [0.2, 0.25) is 5.91 Å². The van der Waals surface area contributed by atoms with E-state index >= 15 is 0 Å². The van der Waals surface area contributed by atoms with Crippen LogP contribution in [-0.2, 0) is 23.2 Å². The lowest BCUT2D eigenvalue weighted by atomic mass is 9.80. The van der Waals surface area contributed by atoms with E-state index in [2.05, 4.69) is 34.2 Å². The van der Waals surface area contributed by atoms with Crippen molar-refractivity contribution in [3.05, 3.63) is 44.4 Å². The molecule has 1 amide bonds. The monoisotopic (exact) mass is 574 g/mol. The normalized spacial score (nSPS) is 24.1. The first-order chi connectivity index (χ1) is 19.8. The van der Waals surface area contributed by atoms with E-state index in [-0.39, 0.29) is 23.2 Å². The number of aromatic nitrogens is 3. The lowest BCUT2D eigenvalue weighted by Crippen LogP contribution is -2.53. The number of nitrogens with zero attached hydrogens (tertiary/aromatic N) is 5. The highest BCUT2D eigenvalue weighted by molar-refractivity contribution is 7.19. The summed E-state index contributed by atoms with van der Waals surface area (Å²) < 4.78 is 1.82. The third-order valence-electron chi connectivity index (χ3n) is 10.1. The Balaban J connectivity index is 1.20. The van der Waals surface area contributed by atoms with Gasteiger partial charge in [-0.3, -0.25) is 19.0 Å². The van der Waals surface area contributed by atoms with Crippen molar-refractivity contribution in [3.63, 3.8) is 0 Å². The summed E-state index contributed by atoms with van der Waals surface area (Å²) in [6, 6.07) is 2.19. The maximum atomic E-state index is 14.0. The van der Waals surface area contributed by atoms with E-state index < -0.39 is 5.54 Å². The van der Waals surface area contributed by atoms with Crippen molar-refractivity contribution in [1.29, 1.82) is 0 Å². The van der Waals surface area contributed by atoms with Gasteiger partial charge in [0, 0.05) is 42.9 Å². The Morgan fingerprint density at radius 2 is 1.95 bits per heavy atom. The highest BCUT2D eigenvalue weighted by atomic mass is 32.1. The quantitative estimate of drug-likeness (QED) is 0.494. The Morgan fingerprint density at radius 1 is 1.15 bits per heavy atom. The molecule has 0 aromatic carbocycles. The molecule has 2 aliphatic carbocycles. The highest BCUT2D eigenvalue weighted by Gasteiger charge is 2.45. The SMILES string of the molecule is Cc1cc(Nc2ncnc3sc4c(c23)CC[C@H](C(=O)N2CCN(C)[C@@H](C)C2)C4)c(=O)n2c1C(=O)CC21CCCCC1. The molecule has 1 spiro atoms. The van der Waals surface area contributed by atoms with Crippen LogP contribution in [-0.4, -0.2) is 68.7 Å². The van der Waals surface area contributed by atoms with E-state index in [0.717, 1.165) is 86.8 Å². The molecule has 4 aliphatic rings. The number of pyridine rings is 1. The number of likely N-dealkylation sites (N-methyl/N-ethyl adjacent to an activating group) is 1. The molecule has 1 N–H and O–H groups in total. The largest absolute Gasteiger partial charge is 0.340 e. The Morgan fingerprint density at radius 3 is 2.73 bits per heavy atom. The molecule has 7 rings (SSSR count). The van der Waals surface area contributed by atoms with Crippen molar-refractivity contribution in [3.8, 4) is 0 Å². The van der Waals surface area contributed by atoms with Crippen molar-refractivity contribution in [2.24, 2.45) is 5.92 Å². The van der Waals surface area contributed by atoms with Gasteiger partial charge in [0.05, 0.1) is 16.6 Å². The number of nitrogens with one attached hydrogen (secondary N) is 1. The fraction of sp³-hybridized carbons (Fsp3) is 0.581. The molecule has 1 saturated heterocycles. The molecule has 5 heterocycles. The van der Waals surface area contributed by atoms with Gasteiger partial charge < -0.3 is 15.1 Å². The summed E-state index contributed by atoms with van der Waals surface area (Å²) in [7, 11) is 2.12. The zero-order valence-corrected chi connectivity index (χ0v) is 25.0. The summed E-state index contributed by atoms with van der Waals surface area (Å²) in [6.45, 7) is 6.59. The van der Waals surface area contributed by atoms with Gasteiger partial charge in [0.25, 0.3) is 5.56 Å². The lowest BCUT2D eigenvalue weighted by molar-refractivity contribution is -0.138. The second-order valence-corrected chi connectivity index (χ2v) is 13.8. The van der Waals surface area contributed by atoms with Crippen LogP contribution >= 0.6 is 11.3 Å². The maximum Gasteiger partial charge on any atom is 0.275 e. The number of rotatable bonds is 3. The number of carbonyl (C=O) groups excluding carboxylic acids is 2. The molecule has 1 saturated carbocycles. The Labute approximate surface area is 244 Å². The molecule has 3 aromatic rings. The van der Waals surface area contributed by atoms with E-state index in [9.17, 15) is 14.4 Å². The lowest BCUT2D eigenvalue weighted by Gasteiger charge is -2.39. The summed E-state index contributed by atoms with van der Waals surface area (Å²) in [5.74, 6) is 0.970. The van der Waals surface area contributed by atoms with Gasteiger partial charge in [0.15, 0.2) is 5.78 Å². The minimum absolute atomic E-state index is 0.0104. The van der Waals surface area contributed by atoms with E-state index in [4.69, 9.17) is 0 Å². The molecule has 0 radical (unpaired) electrons. The van der Waals surface area contributed by atoms with Gasteiger partial charge in [-0.05, 0) is 70.2 Å². The van der Waals surface area contributed by atoms with Crippen LogP contribution in [0.15, 0.2) is 17.2 Å². The summed E-state index contributed by atoms with van der Waals surface area (Å²) in [5.41, 5.74) is 2.53. The predicted octanol–water partition coefficient (Wildman–Crippen LogP) is 4.42. The molecule has 2 aliphatic heterocycles. The molecule has 2 atom stereocenters. The number of aryl methyl sites for hydroxylation is 2.